The van der Waals surface area contributed by atoms with Gasteiger partial charge in [-0.1, -0.05) is 30.3 Å². The lowest BCUT2D eigenvalue weighted by molar-refractivity contribution is -0.131. The van der Waals surface area contributed by atoms with Gasteiger partial charge in [-0.05, 0) is 91.0 Å². The smallest absolute Gasteiger partial charge is 0.328 e. The summed E-state index contributed by atoms with van der Waals surface area (Å²) in [4.78, 5) is 23.8. The molecule has 4 heteroatoms. The van der Waals surface area contributed by atoms with Gasteiger partial charge >= 0.3 is 5.97 Å². The molecule has 4 bridgehead atoms. The highest BCUT2D eigenvalue weighted by Gasteiger charge is 2.51. The molecular weight excluding hydrogens is 376 g/mol. The Morgan fingerprint density at radius 1 is 0.900 bits per heavy atom. The standard InChI is InChI=1S/C26H26O4/c27-23-7-6-21(26-13-17-9-18(14-26)11-19(10-17)15-26)12-22(23)25(30)20-4-1-16(2-5-20)3-8-24(28)29/h1-8,12,17-19,27H,9-11,13-15H2,(H,28,29). The molecule has 0 heterocycles. The molecular formula is C26H26O4. The zero-order valence-corrected chi connectivity index (χ0v) is 16.9. The van der Waals surface area contributed by atoms with E-state index in [0.717, 1.165) is 23.8 Å². The molecule has 0 atom stereocenters. The maximum absolute atomic E-state index is 13.2. The van der Waals surface area contributed by atoms with E-state index >= 15 is 0 Å². The third kappa shape index (κ3) is 3.34. The zero-order valence-electron chi connectivity index (χ0n) is 16.9. The maximum atomic E-state index is 13.2. The minimum absolute atomic E-state index is 0.0170. The normalized spacial score (nSPS) is 29.4. The molecule has 4 saturated carbocycles. The highest BCUT2D eigenvalue weighted by molar-refractivity contribution is 6.10. The van der Waals surface area contributed by atoms with E-state index in [1.807, 2.05) is 12.1 Å². The van der Waals surface area contributed by atoms with E-state index in [1.165, 1.54) is 50.2 Å². The summed E-state index contributed by atoms with van der Waals surface area (Å²) in [6.07, 6.45) is 10.3. The van der Waals surface area contributed by atoms with Crippen LogP contribution < -0.4 is 0 Å². The molecule has 0 spiro atoms. The molecule has 4 nitrogen and oxygen atoms in total. The maximum Gasteiger partial charge on any atom is 0.328 e. The van der Waals surface area contributed by atoms with Crippen LogP contribution in [0.5, 0.6) is 5.75 Å². The highest BCUT2D eigenvalue weighted by Crippen LogP contribution is 2.60. The number of aliphatic carboxylic acids is 1. The third-order valence-corrected chi connectivity index (χ3v) is 7.48. The Kier molecular flexibility index (Phi) is 4.53. The summed E-state index contributed by atoms with van der Waals surface area (Å²) in [5, 5.41) is 19.2. The second-order valence-electron chi connectivity index (χ2n) is 9.55. The fourth-order valence-electron chi connectivity index (χ4n) is 6.58. The van der Waals surface area contributed by atoms with Gasteiger partial charge in [0.2, 0.25) is 0 Å². The number of hydrogen-bond acceptors (Lipinski definition) is 3. The topological polar surface area (TPSA) is 74.6 Å². The van der Waals surface area contributed by atoms with Crippen molar-refractivity contribution in [1.82, 2.24) is 0 Å². The molecule has 4 aliphatic carbocycles. The molecule has 0 saturated heterocycles. The molecule has 0 aliphatic heterocycles. The predicted molar refractivity (Wildman–Crippen MR) is 115 cm³/mol. The Labute approximate surface area is 176 Å². The average molecular weight is 402 g/mol. The Hall–Kier alpha value is -2.88. The molecule has 30 heavy (non-hydrogen) atoms. The predicted octanol–water partition coefficient (Wildman–Crippen LogP) is 5.19. The van der Waals surface area contributed by atoms with Crippen LogP contribution in [0.3, 0.4) is 0 Å². The second-order valence-corrected chi connectivity index (χ2v) is 9.55. The van der Waals surface area contributed by atoms with Gasteiger partial charge in [0, 0.05) is 11.6 Å². The van der Waals surface area contributed by atoms with Crippen LogP contribution in [0.2, 0.25) is 0 Å². The summed E-state index contributed by atoms with van der Waals surface area (Å²) in [7, 11) is 0. The number of phenols is 1. The Morgan fingerprint density at radius 2 is 1.50 bits per heavy atom. The van der Waals surface area contributed by atoms with Crippen molar-refractivity contribution < 1.29 is 19.8 Å². The van der Waals surface area contributed by atoms with Gasteiger partial charge in [0.05, 0.1) is 5.56 Å². The Balaban J connectivity index is 1.44. The van der Waals surface area contributed by atoms with Crippen LogP contribution in [-0.2, 0) is 10.2 Å². The molecule has 0 unspecified atom stereocenters. The molecule has 2 aromatic carbocycles. The quantitative estimate of drug-likeness (QED) is 0.533. The number of aromatic hydroxyl groups is 1. The summed E-state index contributed by atoms with van der Waals surface area (Å²) >= 11 is 0. The molecule has 154 valence electrons. The van der Waals surface area contributed by atoms with Crippen LogP contribution in [-0.4, -0.2) is 22.0 Å². The van der Waals surface area contributed by atoms with Crippen molar-refractivity contribution in [2.24, 2.45) is 17.8 Å². The van der Waals surface area contributed by atoms with Gasteiger partial charge in [-0.2, -0.15) is 0 Å². The molecule has 0 aromatic heterocycles. The number of phenolic OH excluding ortho intramolecular Hbond substituents is 1. The van der Waals surface area contributed by atoms with Crippen LogP contribution in [0.15, 0.2) is 48.5 Å². The van der Waals surface area contributed by atoms with Crippen molar-refractivity contribution in [2.45, 2.75) is 43.9 Å². The lowest BCUT2D eigenvalue weighted by atomic mass is 9.48. The van der Waals surface area contributed by atoms with Gasteiger partial charge in [0.1, 0.15) is 5.75 Å². The first-order valence-electron chi connectivity index (χ1n) is 10.8. The first kappa shape index (κ1) is 19.1. The van der Waals surface area contributed by atoms with Crippen molar-refractivity contribution in [3.8, 4) is 5.75 Å². The number of ketones is 1. The van der Waals surface area contributed by atoms with Gasteiger partial charge in [-0.25, -0.2) is 4.79 Å². The highest BCUT2D eigenvalue weighted by atomic mass is 16.4. The van der Waals surface area contributed by atoms with Crippen molar-refractivity contribution in [2.75, 3.05) is 0 Å². The number of carboxylic acids is 1. The zero-order chi connectivity index (χ0) is 20.9. The lowest BCUT2D eigenvalue weighted by Gasteiger charge is -2.57. The number of hydrogen-bond donors (Lipinski definition) is 2. The van der Waals surface area contributed by atoms with Gasteiger partial charge in [-0.15, -0.1) is 0 Å². The molecule has 4 fully saturated rings. The molecule has 2 N–H and O–H groups in total. The average Bonchev–Trinajstić information content (AvgIpc) is 2.71. The SMILES string of the molecule is O=C(O)C=Cc1ccc(C(=O)c2cc(C34CC5CC(CC(C5)C3)C4)ccc2O)cc1. The first-order chi connectivity index (χ1) is 14.4. The number of carbonyl (C=O) groups is 2. The molecule has 2 aromatic rings. The number of carboxylic acid groups (broad SMARTS) is 1. The van der Waals surface area contributed by atoms with Crippen molar-refractivity contribution >= 4 is 17.8 Å². The van der Waals surface area contributed by atoms with Gasteiger partial charge in [0.15, 0.2) is 5.78 Å². The van der Waals surface area contributed by atoms with E-state index in [9.17, 15) is 14.7 Å². The van der Waals surface area contributed by atoms with E-state index < -0.39 is 5.97 Å². The molecule has 4 aliphatic rings. The minimum Gasteiger partial charge on any atom is -0.507 e. The molecule has 6 rings (SSSR count). The second kappa shape index (κ2) is 7.12. The first-order valence-corrected chi connectivity index (χ1v) is 10.8. The van der Waals surface area contributed by atoms with E-state index in [1.54, 1.807) is 30.3 Å². The Bertz CT molecular complexity index is 996. The van der Waals surface area contributed by atoms with Crippen molar-refractivity contribution in [3.05, 3.63) is 70.8 Å². The van der Waals surface area contributed by atoms with E-state index in [-0.39, 0.29) is 16.9 Å². The number of benzene rings is 2. The number of carbonyl (C=O) groups excluding carboxylic acids is 1. The van der Waals surface area contributed by atoms with Crippen LogP contribution in [0.25, 0.3) is 6.08 Å². The summed E-state index contributed by atoms with van der Waals surface area (Å²) < 4.78 is 0. The van der Waals surface area contributed by atoms with E-state index in [4.69, 9.17) is 5.11 Å². The monoisotopic (exact) mass is 402 g/mol. The van der Waals surface area contributed by atoms with Gasteiger partial charge in [0.25, 0.3) is 0 Å². The third-order valence-electron chi connectivity index (χ3n) is 7.48. The summed E-state index contributed by atoms with van der Waals surface area (Å²) in [6.45, 7) is 0. The van der Waals surface area contributed by atoms with E-state index in [0.29, 0.717) is 16.7 Å². The fourth-order valence-corrected chi connectivity index (χ4v) is 6.58. The van der Waals surface area contributed by atoms with Gasteiger partial charge in [-0.3, -0.25) is 4.79 Å². The molecule has 0 amide bonds. The van der Waals surface area contributed by atoms with Crippen LogP contribution in [0, 0.1) is 17.8 Å². The van der Waals surface area contributed by atoms with Crippen LogP contribution in [0.1, 0.15) is 65.6 Å². The largest absolute Gasteiger partial charge is 0.507 e. The van der Waals surface area contributed by atoms with Crippen molar-refractivity contribution in [1.29, 1.82) is 0 Å². The van der Waals surface area contributed by atoms with Crippen molar-refractivity contribution in [3.63, 3.8) is 0 Å². The van der Waals surface area contributed by atoms with Gasteiger partial charge < -0.3 is 10.2 Å². The molecule has 0 radical (unpaired) electrons. The lowest BCUT2D eigenvalue weighted by Crippen LogP contribution is -2.48. The summed E-state index contributed by atoms with van der Waals surface area (Å²) in [6, 6.07) is 12.4. The van der Waals surface area contributed by atoms with Crippen LogP contribution in [0.4, 0.5) is 0 Å². The van der Waals surface area contributed by atoms with E-state index in [2.05, 4.69) is 0 Å². The van der Waals surface area contributed by atoms with Crippen LogP contribution >= 0.6 is 0 Å². The Morgan fingerprint density at radius 3 is 2.07 bits per heavy atom. The minimum atomic E-state index is -1.01. The summed E-state index contributed by atoms with van der Waals surface area (Å²) in [5.74, 6) is 1.25. The fraction of sp³-hybridized carbons (Fsp3) is 0.385. The summed E-state index contributed by atoms with van der Waals surface area (Å²) in [5.41, 5.74) is 2.94. The number of rotatable bonds is 5.